The van der Waals surface area contributed by atoms with E-state index in [9.17, 15) is 19.7 Å². The first-order valence-corrected chi connectivity index (χ1v) is 9.40. The summed E-state index contributed by atoms with van der Waals surface area (Å²) in [6.45, 7) is 5.06. The summed E-state index contributed by atoms with van der Waals surface area (Å²) in [6.07, 6.45) is 0. The molecule has 0 spiro atoms. The maximum atomic E-state index is 12.5. The van der Waals surface area contributed by atoms with Crippen molar-refractivity contribution in [3.05, 3.63) is 57.6 Å². The van der Waals surface area contributed by atoms with E-state index < -0.39 is 10.8 Å². The predicted octanol–water partition coefficient (Wildman–Crippen LogP) is 3.63. The van der Waals surface area contributed by atoms with E-state index in [1.54, 1.807) is 32.0 Å². The molecule has 0 atom stereocenters. The summed E-state index contributed by atoms with van der Waals surface area (Å²) in [7, 11) is 1.47. The Morgan fingerprint density at radius 3 is 2.47 bits per heavy atom. The molecule has 158 valence electrons. The molecule has 0 saturated carbocycles. The second-order valence-electron chi connectivity index (χ2n) is 6.67. The molecule has 0 aliphatic heterocycles. The summed E-state index contributed by atoms with van der Waals surface area (Å²) in [5.74, 6) is -0.490. The second-order valence-corrected chi connectivity index (χ2v) is 7.08. The van der Waals surface area contributed by atoms with Gasteiger partial charge in [-0.05, 0) is 37.3 Å². The van der Waals surface area contributed by atoms with Gasteiger partial charge < -0.3 is 15.4 Å². The highest BCUT2D eigenvalue weighted by atomic mass is 32.1. The van der Waals surface area contributed by atoms with Crippen molar-refractivity contribution >= 4 is 46.2 Å². The third-order valence-corrected chi connectivity index (χ3v) is 4.42. The predicted molar refractivity (Wildman–Crippen MR) is 118 cm³/mol. The van der Waals surface area contributed by atoms with Crippen LogP contribution in [0.5, 0.6) is 5.75 Å². The van der Waals surface area contributed by atoms with Crippen LogP contribution >= 0.6 is 12.2 Å². The van der Waals surface area contributed by atoms with Crippen LogP contribution in [0.4, 0.5) is 17.1 Å². The number of carbonyl (C=O) groups excluding carboxylic acids is 2. The molecule has 0 aliphatic rings. The number of anilines is 2. The molecule has 10 heteroatoms. The maximum Gasteiger partial charge on any atom is 0.273 e. The third-order valence-electron chi connectivity index (χ3n) is 4.22. The average Bonchev–Trinajstić information content (AvgIpc) is 2.68. The quantitative estimate of drug-likeness (QED) is 0.363. The zero-order valence-corrected chi connectivity index (χ0v) is 17.8. The van der Waals surface area contributed by atoms with Crippen LogP contribution in [0.3, 0.4) is 0 Å². The van der Waals surface area contributed by atoms with Crippen LogP contribution in [0, 0.1) is 23.0 Å². The first-order chi connectivity index (χ1) is 14.1. The molecule has 0 heterocycles. The molecule has 2 amide bonds. The lowest BCUT2D eigenvalue weighted by molar-refractivity contribution is -0.385. The fourth-order valence-electron chi connectivity index (χ4n) is 2.55. The summed E-state index contributed by atoms with van der Waals surface area (Å²) in [4.78, 5) is 34.9. The van der Waals surface area contributed by atoms with Gasteiger partial charge in [0.25, 0.3) is 11.6 Å². The Bertz CT molecular complexity index is 1010. The molecule has 30 heavy (non-hydrogen) atoms. The van der Waals surface area contributed by atoms with Gasteiger partial charge in [-0.25, -0.2) is 0 Å². The highest BCUT2D eigenvalue weighted by Crippen LogP contribution is 2.28. The van der Waals surface area contributed by atoms with Crippen molar-refractivity contribution < 1.29 is 19.2 Å². The van der Waals surface area contributed by atoms with E-state index >= 15 is 0 Å². The number of rotatable bonds is 6. The molecule has 2 rings (SSSR count). The summed E-state index contributed by atoms with van der Waals surface area (Å²) in [5, 5.41) is 19.2. The lowest BCUT2D eigenvalue weighted by atomic mass is 10.1. The van der Waals surface area contributed by atoms with Gasteiger partial charge in [0.05, 0.1) is 17.7 Å². The molecule has 2 aromatic rings. The number of ether oxygens (including phenoxy) is 1. The second kappa shape index (κ2) is 9.79. The zero-order valence-electron chi connectivity index (χ0n) is 16.9. The minimum atomic E-state index is -0.568. The van der Waals surface area contributed by atoms with Crippen LogP contribution in [0.2, 0.25) is 0 Å². The lowest BCUT2D eigenvalue weighted by Crippen LogP contribution is -2.34. The number of hydrogen-bond donors (Lipinski definition) is 3. The normalized spacial score (nSPS) is 10.3. The van der Waals surface area contributed by atoms with Gasteiger partial charge in [-0.3, -0.25) is 25.0 Å². The molecule has 0 fully saturated rings. The number of methoxy groups -OCH3 is 1. The smallest absolute Gasteiger partial charge is 0.273 e. The van der Waals surface area contributed by atoms with Crippen molar-refractivity contribution in [3.63, 3.8) is 0 Å². The monoisotopic (exact) mass is 430 g/mol. The van der Waals surface area contributed by atoms with Gasteiger partial charge in [0.2, 0.25) is 5.91 Å². The minimum absolute atomic E-state index is 0.00641. The van der Waals surface area contributed by atoms with Crippen molar-refractivity contribution in [2.45, 2.75) is 20.8 Å². The summed E-state index contributed by atoms with van der Waals surface area (Å²) < 4.78 is 5.30. The number of thiocarbonyl (C=S) groups is 1. The first-order valence-electron chi connectivity index (χ1n) is 8.99. The molecule has 0 radical (unpaired) electrons. The fraction of sp³-hybridized carbons (Fsp3) is 0.250. The van der Waals surface area contributed by atoms with Gasteiger partial charge >= 0.3 is 0 Å². The number of nitrogens with one attached hydrogen (secondary N) is 3. The van der Waals surface area contributed by atoms with Crippen LogP contribution in [0.1, 0.15) is 29.8 Å². The van der Waals surface area contributed by atoms with Gasteiger partial charge in [-0.2, -0.15) is 0 Å². The van der Waals surface area contributed by atoms with Crippen molar-refractivity contribution in [1.82, 2.24) is 5.32 Å². The number of hydrogen-bond acceptors (Lipinski definition) is 6. The van der Waals surface area contributed by atoms with Gasteiger partial charge in [-0.15, -0.1) is 0 Å². The van der Waals surface area contributed by atoms with E-state index in [-0.39, 0.29) is 33.8 Å². The Kier molecular flexibility index (Phi) is 7.43. The molecule has 3 N–H and O–H groups in total. The summed E-state index contributed by atoms with van der Waals surface area (Å²) >= 11 is 5.17. The molecule has 2 aromatic carbocycles. The zero-order chi connectivity index (χ0) is 22.4. The van der Waals surface area contributed by atoms with Crippen molar-refractivity contribution in [3.8, 4) is 5.75 Å². The van der Waals surface area contributed by atoms with Crippen LogP contribution in [0.15, 0.2) is 36.4 Å². The van der Waals surface area contributed by atoms with Gasteiger partial charge in [0, 0.05) is 34.9 Å². The number of benzene rings is 2. The van der Waals surface area contributed by atoms with Crippen LogP contribution < -0.4 is 20.7 Å². The number of nitrogens with zero attached hydrogens (tertiary/aromatic N) is 1. The number of carbonyl (C=O) groups is 2. The van der Waals surface area contributed by atoms with E-state index in [0.717, 1.165) is 0 Å². The van der Waals surface area contributed by atoms with Crippen LogP contribution in [0.25, 0.3) is 0 Å². The fourth-order valence-corrected chi connectivity index (χ4v) is 2.76. The van der Waals surface area contributed by atoms with E-state index in [4.69, 9.17) is 17.0 Å². The summed E-state index contributed by atoms with van der Waals surface area (Å²) in [5.41, 5.74) is 1.28. The van der Waals surface area contributed by atoms with Gasteiger partial charge in [-0.1, -0.05) is 19.9 Å². The molecular weight excluding hydrogens is 408 g/mol. The van der Waals surface area contributed by atoms with E-state index in [1.165, 1.54) is 32.2 Å². The van der Waals surface area contributed by atoms with E-state index in [1.807, 2.05) is 0 Å². The third kappa shape index (κ3) is 5.51. The molecule has 0 bridgehead atoms. The highest BCUT2D eigenvalue weighted by molar-refractivity contribution is 7.80. The Morgan fingerprint density at radius 2 is 1.87 bits per heavy atom. The number of nitro groups is 1. The van der Waals surface area contributed by atoms with Crippen molar-refractivity contribution in [2.24, 2.45) is 5.92 Å². The number of nitro benzene ring substituents is 1. The highest BCUT2D eigenvalue weighted by Gasteiger charge is 2.19. The van der Waals surface area contributed by atoms with Crippen molar-refractivity contribution in [2.75, 3.05) is 17.7 Å². The minimum Gasteiger partial charge on any atom is -0.494 e. The van der Waals surface area contributed by atoms with E-state index in [0.29, 0.717) is 17.1 Å². The molecule has 0 aliphatic carbocycles. The largest absolute Gasteiger partial charge is 0.494 e. The standard InChI is InChI=1S/C20H22N4O5S/c1-11(2)18(25)22-15-9-8-13(10-17(15)29-4)21-20(30)23-19(26)14-6-5-7-16(12(14)3)24(27)28/h5-11H,1-4H3,(H,22,25)(H2,21,23,26,30). The Hall–Kier alpha value is -3.53. The molecule has 0 aromatic heterocycles. The van der Waals surface area contributed by atoms with Gasteiger partial charge in [0.1, 0.15) is 5.75 Å². The molecule has 9 nitrogen and oxygen atoms in total. The molecule has 0 saturated heterocycles. The Balaban J connectivity index is 2.11. The van der Waals surface area contributed by atoms with Crippen LogP contribution in [-0.2, 0) is 4.79 Å². The summed E-state index contributed by atoms with van der Waals surface area (Å²) in [6, 6.07) is 9.18. The molecule has 0 unspecified atom stereocenters. The number of amides is 2. The molecular formula is C20H22N4O5S. The van der Waals surface area contributed by atoms with Crippen molar-refractivity contribution in [1.29, 1.82) is 0 Å². The Morgan fingerprint density at radius 1 is 1.17 bits per heavy atom. The SMILES string of the molecule is COc1cc(NC(=S)NC(=O)c2cccc([N+](=O)[O-])c2C)ccc1NC(=O)C(C)C. The lowest BCUT2D eigenvalue weighted by Gasteiger charge is -2.15. The first kappa shape index (κ1) is 22.8. The topological polar surface area (TPSA) is 123 Å². The Labute approximate surface area is 179 Å². The van der Waals surface area contributed by atoms with Gasteiger partial charge in [0.15, 0.2) is 5.11 Å². The van der Waals surface area contributed by atoms with E-state index in [2.05, 4.69) is 16.0 Å². The average molecular weight is 430 g/mol. The van der Waals surface area contributed by atoms with Crippen LogP contribution in [-0.4, -0.2) is 29.0 Å². The maximum absolute atomic E-state index is 12.5.